The first-order valence-electron chi connectivity index (χ1n) is 7.16. The van der Waals surface area contributed by atoms with Gasteiger partial charge in [-0.3, -0.25) is 0 Å². The van der Waals surface area contributed by atoms with Crippen LogP contribution in [0.5, 0.6) is 5.75 Å². The van der Waals surface area contributed by atoms with E-state index in [4.69, 9.17) is 9.84 Å². The number of hydrogen-bond donors (Lipinski definition) is 2. The Morgan fingerprint density at radius 3 is 2.52 bits per heavy atom. The number of aliphatic hydroxyl groups is 1. The summed E-state index contributed by atoms with van der Waals surface area (Å²) in [5.41, 5.74) is 0.791. The fraction of sp³-hybridized carbons (Fsp3) is 0.600. The molecular formula is C15H20F3NO2. The van der Waals surface area contributed by atoms with Crippen LogP contribution in [-0.4, -0.2) is 30.5 Å². The Hall–Kier alpha value is -1.43. The van der Waals surface area contributed by atoms with Crippen LogP contribution in [0.4, 0.5) is 18.9 Å². The second kappa shape index (κ2) is 7.02. The summed E-state index contributed by atoms with van der Waals surface area (Å²) < 4.78 is 43.5. The Bertz CT molecular complexity index is 434. The molecule has 1 fully saturated rings. The minimum absolute atomic E-state index is 0.0547. The third-order valence-corrected chi connectivity index (χ3v) is 3.72. The summed E-state index contributed by atoms with van der Waals surface area (Å²) in [5.74, 6) is -0.567. The average Bonchev–Trinajstić information content (AvgIpc) is 2.46. The van der Waals surface area contributed by atoms with Crippen molar-refractivity contribution >= 4 is 5.69 Å². The van der Waals surface area contributed by atoms with E-state index in [0.29, 0.717) is 12.2 Å². The quantitative estimate of drug-likeness (QED) is 0.873. The minimum Gasteiger partial charge on any atom is -0.491 e. The van der Waals surface area contributed by atoms with Crippen molar-refractivity contribution in [1.82, 2.24) is 0 Å². The molecule has 6 heteroatoms. The van der Waals surface area contributed by atoms with Crippen molar-refractivity contribution in [1.29, 1.82) is 0 Å². The lowest BCUT2D eigenvalue weighted by molar-refractivity contribution is -0.182. The second-order valence-electron chi connectivity index (χ2n) is 5.34. The number of halogens is 3. The maximum absolute atomic E-state index is 12.8. The molecule has 2 rings (SSSR count). The molecule has 0 aromatic heterocycles. The number of benzene rings is 1. The normalized spacial score (nSPS) is 22.9. The van der Waals surface area contributed by atoms with Gasteiger partial charge in [0.1, 0.15) is 12.4 Å². The minimum atomic E-state index is -4.09. The third kappa shape index (κ3) is 4.81. The lowest BCUT2D eigenvalue weighted by Gasteiger charge is -2.31. The zero-order valence-electron chi connectivity index (χ0n) is 11.7. The van der Waals surface area contributed by atoms with Crippen LogP contribution in [0, 0.1) is 5.92 Å². The van der Waals surface area contributed by atoms with Crippen LogP contribution in [0.2, 0.25) is 0 Å². The largest absolute Gasteiger partial charge is 0.491 e. The molecule has 2 N–H and O–H groups in total. The first-order valence-corrected chi connectivity index (χ1v) is 7.16. The van der Waals surface area contributed by atoms with Crippen molar-refractivity contribution < 1.29 is 23.0 Å². The first kappa shape index (κ1) is 15.9. The number of anilines is 1. The van der Waals surface area contributed by atoms with E-state index in [0.717, 1.165) is 12.1 Å². The number of hydrogen-bond acceptors (Lipinski definition) is 3. The summed E-state index contributed by atoms with van der Waals surface area (Å²) >= 11 is 0. The van der Waals surface area contributed by atoms with Crippen molar-refractivity contribution in [2.24, 2.45) is 5.92 Å². The maximum atomic E-state index is 12.8. The van der Waals surface area contributed by atoms with E-state index in [2.05, 4.69) is 5.32 Å². The van der Waals surface area contributed by atoms with Crippen LogP contribution >= 0.6 is 0 Å². The fourth-order valence-corrected chi connectivity index (χ4v) is 2.66. The van der Waals surface area contributed by atoms with Gasteiger partial charge in [-0.1, -0.05) is 6.42 Å². The molecule has 1 aromatic rings. The average molecular weight is 303 g/mol. The van der Waals surface area contributed by atoms with Crippen molar-refractivity contribution in [3.8, 4) is 5.75 Å². The van der Waals surface area contributed by atoms with Gasteiger partial charge < -0.3 is 15.2 Å². The molecule has 3 nitrogen and oxygen atoms in total. The van der Waals surface area contributed by atoms with Gasteiger partial charge in [-0.05, 0) is 43.5 Å². The highest BCUT2D eigenvalue weighted by Gasteiger charge is 2.42. The van der Waals surface area contributed by atoms with Crippen LogP contribution in [0.1, 0.15) is 25.7 Å². The number of nitrogens with one attached hydrogen (secondary N) is 1. The SMILES string of the molecule is OCCOc1ccc(N[C@@H]2CCC[C@H](C(F)(F)F)C2)cc1. The molecule has 1 aliphatic rings. The highest BCUT2D eigenvalue weighted by atomic mass is 19.4. The van der Waals surface area contributed by atoms with Crippen molar-refractivity contribution in [2.45, 2.75) is 37.9 Å². The van der Waals surface area contributed by atoms with Gasteiger partial charge in [0.25, 0.3) is 0 Å². The van der Waals surface area contributed by atoms with Crippen molar-refractivity contribution in [2.75, 3.05) is 18.5 Å². The molecule has 0 heterocycles. The van der Waals surface area contributed by atoms with Gasteiger partial charge in [0.2, 0.25) is 0 Å². The third-order valence-electron chi connectivity index (χ3n) is 3.72. The van der Waals surface area contributed by atoms with Crippen molar-refractivity contribution in [3.63, 3.8) is 0 Å². The van der Waals surface area contributed by atoms with Crippen molar-refractivity contribution in [3.05, 3.63) is 24.3 Å². The predicted molar refractivity (Wildman–Crippen MR) is 74.4 cm³/mol. The van der Waals surface area contributed by atoms with Crippen LogP contribution < -0.4 is 10.1 Å². The van der Waals surface area contributed by atoms with E-state index in [1.165, 1.54) is 0 Å². The van der Waals surface area contributed by atoms with Crippen LogP contribution in [0.25, 0.3) is 0 Å². The predicted octanol–water partition coefficient (Wildman–Crippen LogP) is 3.59. The first-order chi connectivity index (χ1) is 9.99. The van der Waals surface area contributed by atoms with Crippen LogP contribution in [0.15, 0.2) is 24.3 Å². The molecule has 1 aromatic carbocycles. The topological polar surface area (TPSA) is 41.5 Å². The Morgan fingerprint density at radius 1 is 1.19 bits per heavy atom. The standard InChI is InChI=1S/C15H20F3NO2/c16-15(17,18)11-2-1-3-13(10-11)19-12-4-6-14(7-5-12)21-9-8-20/h4-7,11,13,19-20H,1-3,8-10H2/t11-,13+/m0/s1. The fourth-order valence-electron chi connectivity index (χ4n) is 2.66. The summed E-state index contributed by atoms with van der Waals surface area (Å²) in [4.78, 5) is 0. The highest BCUT2D eigenvalue weighted by Crippen LogP contribution is 2.38. The molecular weight excluding hydrogens is 283 g/mol. The van der Waals surface area contributed by atoms with Gasteiger partial charge in [0.05, 0.1) is 12.5 Å². The summed E-state index contributed by atoms with van der Waals surface area (Å²) in [6.07, 6.45) is -2.38. The maximum Gasteiger partial charge on any atom is 0.391 e. The van der Waals surface area contributed by atoms with Crippen LogP contribution in [-0.2, 0) is 0 Å². The van der Waals surface area contributed by atoms with Gasteiger partial charge in [-0.2, -0.15) is 13.2 Å². The van der Waals surface area contributed by atoms with E-state index in [1.807, 2.05) is 0 Å². The Morgan fingerprint density at radius 2 is 1.90 bits per heavy atom. The molecule has 118 valence electrons. The lowest BCUT2D eigenvalue weighted by atomic mass is 9.85. The van der Waals surface area contributed by atoms with Gasteiger partial charge in [-0.25, -0.2) is 0 Å². The molecule has 1 saturated carbocycles. The monoisotopic (exact) mass is 303 g/mol. The molecule has 2 atom stereocenters. The molecule has 0 spiro atoms. The smallest absolute Gasteiger partial charge is 0.391 e. The Kier molecular flexibility index (Phi) is 5.33. The van der Waals surface area contributed by atoms with E-state index in [1.54, 1.807) is 24.3 Å². The molecule has 21 heavy (non-hydrogen) atoms. The van der Waals surface area contributed by atoms with Gasteiger partial charge >= 0.3 is 6.18 Å². The molecule has 0 aliphatic heterocycles. The number of rotatable bonds is 5. The zero-order valence-corrected chi connectivity index (χ0v) is 11.7. The molecule has 0 bridgehead atoms. The van der Waals surface area contributed by atoms with E-state index >= 15 is 0 Å². The Labute approximate surface area is 122 Å². The second-order valence-corrected chi connectivity index (χ2v) is 5.34. The summed E-state index contributed by atoms with van der Waals surface area (Å²) in [6, 6.07) is 6.90. The molecule has 1 aliphatic carbocycles. The number of aliphatic hydroxyl groups excluding tert-OH is 1. The van der Waals surface area contributed by atoms with E-state index in [-0.39, 0.29) is 32.1 Å². The number of alkyl halides is 3. The summed E-state index contributed by atoms with van der Waals surface area (Å²) in [5, 5.41) is 11.8. The summed E-state index contributed by atoms with van der Waals surface area (Å²) in [7, 11) is 0. The van der Waals surface area contributed by atoms with E-state index in [9.17, 15) is 13.2 Å². The number of ether oxygens (including phenoxy) is 1. The van der Waals surface area contributed by atoms with Gasteiger partial charge in [-0.15, -0.1) is 0 Å². The van der Waals surface area contributed by atoms with Gasteiger partial charge in [0, 0.05) is 11.7 Å². The zero-order chi connectivity index (χ0) is 15.3. The van der Waals surface area contributed by atoms with Gasteiger partial charge in [0.15, 0.2) is 0 Å². The lowest BCUT2D eigenvalue weighted by Crippen LogP contribution is -2.34. The summed E-state index contributed by atoms with van der Waals surface area (Å²) in [6.45, 7) is 0.170. The molecule has 0 unspecified atom stereocenters. The molecule has 0 amide bonds. The molecule has 0 radical (unpaired) electrons. The Balaban J connectivity index is 1.89. The molecule has 0 saturated heterocycles. The highest BCUT2D eigenvalue weighted by molar-refractivity contribution is 5.47. The van der Waals surface area contributed by atoms with E-state index < -0.39 is 12.1 Å². The van der Waals surface area contributed by atoms with Crippen LogP contribution in [0.3, 0.4) is 0 Å².